The predicted molar refractivity (Wildman–Crippen MR) is 102 cm³/mol. The van der Waals surface area contributed by atoms with Crippen molar-refractivity contribution >= 4 is 28.7 Å². The van der Waals surface area contributed by atoms with E-state index in [1.54, 1.807) is 20.5 Å². The molecule has 1 aliphatic carbocycles. The normalized spacial score (nSPS) is 22.5. The van der Waals surface area contributed by atoms with Crippen LogP contribution in [0.25, 0.3) is 11.1 Å². The summed E-state index contributed by atoms with van der Waals surface area (Å²) in [5.41, 5.74) is 1.21. The van der Waals surface area contributed by atoms with Crippen LogP contribution in [0.5, 0.6) is 5.75 Å². The van der Waals surface area contributed by atoms with E-state index in [1.807, 2.05) is 19.9 Å². The fraction of sp³-hybridized carbons (Fsp3) is 0.600. The van der Waals surface area contributed by atoms with Crippen LogP contribution >= 0.6 is 11.6 Å². The maximum atomic E-state index is 11.8. The Kier molecular flexibility index (Phi) is 5.41. The van der Waals surface area contributed by atoms with E-state index in [4.69, 9.17) is 35.2 Å². The molecular weight excluding hydrogens is 370 g/mol. The number of hydrogen-bond acceptors (Lipinski definition) is 6. The number of alkyl halides is 1. The number of carbonyl (C=O) groups excluding carboxylic acids is 1. The molecule has 0 aliphatic heterocycles. The lowest BCUT2D eigenvalue weighted by molar-refractivity contribution is -0.176. The van der Waals surface area contributed by atoms with Crippen LogP contribution in [0.1, 0.15) is 51.3 Å². The number of carbonyl (C=O) groups is 1. The van der Waals surface area contributed by atoms with Crippen LogP contribution in [0.2, 0.25) is 0 Å². The Labute approximate surface area is 164 Å². The first kappa shape index (κ1) is 20.0. The molecule has 0 radical (unpaired) electrons. The third kappa shape index (κ3) is 3.65. The number of nitrogens with zero attached hydrogens (tertiary/aromatic N) is 1. The average molecular weight is 396 g/mol. The highest BCUT2D eigenvalue weighted by atomic mass is 35.5. The largest absolute Gasteiger partial charge is 0.496 e. The molecule has 0 fully saturated rings. The molecule has 3 rings (SSSR count). The van der Waals surface area contributed by atoms with Crippen LogP contribution in [0.4, 0.5) is 0 Å². The first-order chi connectivity index (χ1) is 12.7. The van der Waals surface area contributed by atoms with Crippen LogP contribution in [-0.4, -0.2) is 36.2 Å². The minimum absolute atomic E-state index is 0.346. The molecule has 2 heterocycles. The first-order valence-electron chi connectivity index (χ1n) is 9.07. The van der Waals surface area contributed by atoms with Gasteiger partial charge in [0.05, 0.1) is 24.5 Å². The van der Waals surface area contributed by atoms with Gasteiger partial charge in [-0.25, -0.2) is 4.98 Å². The lowest BCUT2D eigenvalue weighted by atomic mass is 9.75. The Morgan fingerprint density at radius 2 is 2.19 bits per heavy atom. The minimum Gasteiger partial charge on any atom is -0.496 e. The number of methoxy groups -OCH3 is 2. The molecule has 0 aromatic carbocycles. The van der Waals surface area contributed by atoms with Crippen LogP contribution in [0.15, 0.2) is 16.7 Å². The summed E-state index contributed by atoms with van der Waals surface area (Å²) in [4.78, 5) is 16.1. The van der Waals surface area contributed by atoms with E-state index < -0.39 is 16.6 Å². The highest BCUT2D eigenvalue weighted by molar-refractivity contribution is 6.23. The van der Waals surface area contributed by atoms with Gasteiger partial charge in [-0.2, -0.15) is 0 Å². The molecule has 6 nitrogen and oxygen atoms in total. The number of furan rings is 1. The molecule has 0 N–H and O–H groups in total. The number of hydrogen-bond donors (Lipinski definition) is 0. The van der Waals surface area contributed by atoms with Crippen molar-refractivity contribution in [1.82, 2.24) is 4.98 Å². The Bertz CT molecular complexity index is 841. The lowest BCUT2D eigenvalue weighted by Crippen LogP contribution is -2.48. The number of pyridine rings is 1. The molecule has 0 amide bonds. The zero-order valence-corrected chi connectivity index (χ0v) is 17.2. The van der Waals surface area contributed by atoms with E-state index in [0.29, 0.717) is 37.1 Å². The molecule has 7 heteroatoms. The quantitative estimate of drug-likeness (QED) is 0.534. The SMILES string of the molecule is COc1c2c(nc3occc13)[C@@](CCC(C)(C)Cl)(OC)[C@@H](OC(C)=O)CC2. The number of ether oxygens (including phenoxy) is 3. The Balaban J connectivity index is 2.20. The summed E-state index contributed by atoms with van der Waals surface area (Å²) in [6.45, 7) is 5.31. The second kappa shape index (κ2) is 7.32. The van der Waals surface area contributed by atoms with Crippen molar-refractivity contribution in [1.29, 1.82) is 0 Å². The van der Waals surface area contributed by atoms with E-state index in [2.05, 4.69) is 0 Å². The van der Waals surface area contributed by atoms with Gasteiger partial charge in [-0.3, -0.25) is 4.79 Å². The van der Waals surface area contributed by atoms with Gasteiger partial charge in [-0.05, 0) is 45.6 Å². The second-order valence-corrected chi connectivity index (χ2v) is 8.58. The summed E-state index contributed by atoms with van der Waals surface area (Å²) in [7, 11) is 3.25. The van der Waals surface area contributed by atoms with Crippen LogP contribution in [-0.2, 0) is 26.3 Å². The molecule has 27 heavy (non-hydrogen) atoms. The average Bonchev–Trinajstić information content (AvgIpc) is 3.06. The molecule has 0 saturated carbocycles. The molecule has 0 saturated heterocycles. The molecule has 148 valence electrons. The van der Waals surface area contributed by atoms with Gasteiger partial charge in [0.15, 0.2) is 0 Å². The summed E-state index contributed by atoms with van der Waals surface area (Å²) in [6.07, 6.45) is 3.61. The van der Waals surface area contributed by atoms with Crippen molar-refractivity contribution in [2.45, 2.75) is 63.0 Å². The van der Waals surface area contributed by atoms with Crippen molar-refractivity contribution in [3.63, 3.8) is 0 Å². The van der Waals surface area contributed by atoms with E-state index >= 15 is 0 Å². The highest BCUT2D eigenvalue weighted by Crippen LogP contribution is 2.48. The van der Waals surface area contributed by atoms with Crippen molar-refractivity contribution in [3.8, 4) is 5.75 Å². The van der Waals surface area contributed by atoms with Gasteiger partial charge >= 0.3 is 5.97 Å². The standard InChI is InChI=1S/C20H26ClNO5/c1-12(23)27-15-7-6-13-16(24-4)14-8-11-26-18(14)22-17(13)20(15,25-5)10-9-19(2,3)21/h8,11,15H,6-7,9-10H2,1-5H3/t15-,20-/m0/s1. The smallest absolute Gasteiger partial charge is 0.303 e. The third-order valence-electron chi connectivity index (χ3n) is 5.21. The van der Waals surface area contributed by atoms with E-state index in [9.17, 15) is 4.79 Å². The van der Waals surface area contributed by atoms with Crippen LogP contribution in [0, 0.1) is 0 Å². The molecule has 0 spiro atoms. The van der Waals surface area contributed by atoms with Gasteiger partial charge in [-0.1, -0.05) is 0 Å². The van der Waals surface area contributed by atoms with E-state index in [-0.39, 0.29) is 5.97 Å². The summed E-state index contributed by atoms with van der Waals surface area (Å²) in [5.74, 6) is 0.387. The fourth-order valence-electron chi connectivity index (χ4n) is 3.92. The molecule has 0 bridgehead atoms. The third-order valence-corrected chi connectivity index (χ3v) is 5.40. The first-order valence-corrected chi connectivity index (χ1v) is 9.45. The second-order valence-electron chi connectivity index (χ2n) is 7.56. The molecule has 2 atom stereocenters. The Morgan fingerprint density at radius 3 is 2.78 bits per heavy atom. The number of esters is 1. The molecule has 0 unspecified atom stereocenters. The van der Waals surface area contributed by atoms with Gasteiger partial charge in [0.1, 0.15) is 17.5 Å². The number of rotatable bonds is 6. The Hall–Kier alpha value is -1.79. The van der Waals surface area contributed by atoms with Crippen LogP contribution < -0.4 is 4.74 Å². The van der Waals surface area contributed by atoms with Crippen molar-refractivity contribution in [2.75, 3.05) is 14.2 Å². The Morgan fingerprint density at radius 1 is 1.44 bits per heavy atom. The topological polar surface area (TPSA) is 70.8 Å². The molecule has 1 aliphatic rings. The zero-order valence-electron chi connectivity index (χ0n) is 16.4. The van der Waals surface area contributed by atoms with Crippen molar-refractivity contribution in [2.24, 2.45) is 0 Å². The number of fused-ring (bicyclic) bond motifs is 2. The van der Waals surface area contributed by atoms with Gasteiger partial charge in [-0.15, -0.1) is 11.6 Å². The minimum atomic E-state index is -0.917. The monoisotopic (exact) mass is 395 g/mol. The summed E-state index contributed by atoms with van der Waals surface area (Å²) >= 11 is 6.46. The molecule has 2 aromatic rings. The van der Waals surface area contributed by atoms with Crippen molar-refractivity contribution < 1.29 is 23.4 Å². The van der Waals surface area contributed by atoms with Gasteiger partial charge in [0.2, 0.25) is 5.71 Å². The fourth-order valence-corrected chi connectivity index (χ4v) is 4.02. The van der Waals surface area contributed by atoms with Gasteiger partial charge in [0, 0.05) is 24.5 Å². The zero-order chi connectivity index (χ0) is 19.8. The van der Waals surface area contributed by atoms with Crippen molar-refractivity contribution in [3.05, 3.63) is 23.6 Å². The lowest BCUT2D eigenvalue weighted by Gasteiger charge is -2.43. The van der Waals surface area contributed by atoms with E-state index in [0.717, 1.165) is 16.7 Å². The predicted octanol–water partition coefficient (Wildman–Crippen LogP) is 4.35. The highest BCUT2D eigenvalue weighted by Gasteiger charge is 2.50. The summed E-state index contributed by atoms with van der Waals surface area (Å²) < 4.78 is 23.0. The summed E-state index contributed by atoms with van der Waals surface area (Å²) in [5, 5.41) is 0.824. The maximum Gasteiger partial charge on any atom is 0.303 e. The maximum absolute atomic E-state index is 11.8. The number of halogens is 1. The number of aromatic nitrogens is 1. The summed E-state index contributed by atoms with van der Waals surface area (Å²) in [6, 6.07) is 1.84. The van der Waals surface area contributed by atoms with Crippen LogP contribution in [0.3, 0.4) is 0 Å². The molecule has 2 aromatic heterocycles. The molecular formula is C20H26ClNO5. The van der Waals surface area contributed by atoms with Gasteiger partial charge < -0.3 is 18.6 Å². The van der Waals surface area contributed by atoms with Gasteiger partial charge in [0.25, 0.3) is 0 Å². The van der Waals surface area contributed by atoms with E-state index in [1.165, 1.54) is 6.92 Å².